The maximum Gasteiger partial charge on any atom is 0.171 e. The number of rotatable bonds is 5. The maximum atomic E-state index is 11.3. The summed E-state index contributed by atoms with van der Waals surface area (Å²) in [5.41, 5.74) is 3.53. The summed E-state index contributed by atoms with van der Waals surface area (Å²) in [6.07, 6.45) is 4.84. The van der Waals surface area contributed by atoms with Crippen molar-refractivity contribution in [2.75, 3.05) is 0 Å². The van der Waals surface area contributed by atoms with Crippen molar-refractivity contribution >= 4 is 25.6 Å². The third-order valence-electron chi connectivity index (χ3n) is 4.94. The second-order valence-electron chi connectivity index (χ2n) is 6.79. The quantitative estimate of drug-likeness (QED) is 0.583. The summed E-state index contributed by atoms with van der Waals surface area (Å²) in [4.78, 5) is 15.9. The molecule has 0 radical (unpaired) electrons. The molecule has 4 heteroatoms. The van der Waals surface area contributed by atoms with Gasteiger partial charge in [-0.3, -0.25) is 4.79 Å². The van der Waals surface area contributed by atoms with Gasteiger partial charge in [-0.2, -0.15) is 0 Å². The average molecular weight is 302 g/mol. The smallest absolute Gasteiger partial charge is 0.171 e. The Morgan fingerprint density at radius 3 is 2.10 bits per heavy atom. The zero-order valence-electron chi connectivity index (χ0n) is 13.9. The predicted molar refractivity (Wildman–Crippen MR) is 91.6 cm³/mol. The summed E-state index contributed by atoms with van der Waals surface area (Å²) >= 11 is 0. The fourth-order valence-electron chi connectivity index (χ4n) is 4.31. The molecule has 0 bridgehead atoms. The van der Waals surface area contributed by atoms with Crippen molar-refractivity contribution < 1.29 is 4.79 Å². The van der Waals surface area contributed by atoms with E-state index in [0.717, 1.165) is 22.9 Å². The number of aldehydes is 1. The van der Waals surface area contributed by atoms with Crippen molar-refractivity contribution in [1.82, 2.24) is 9.22 Å². The number of carbonyl (C=O) groups excluding carboxylic acids is 1. The van der Waals surface area contributed by atoms with E-state index in [1.165, 1.54) is 0 Å². The minimum Gasteiger partial charge on any atom is -0.359 e. The number of hydrogen-bond donors (Lipinski definition) is 0. The van der Waals surface area contributed by atoms with E-state index in [2.05, 4.69) is 63.0 Å². The number of aromatic nitrogens is 2. The lowest BCUT2D eigenvalue weighted by Gasteiger charge is -2.44. The molecule has 0 unspecified atom stereocenters. The van der Waals surface area contributed by atoms with Crippen LogP contribution in [0.3, 0.4) is 0 Å². The van der Waals surface area contributed by atoms with E-state index in [1.807, 2.05) is 0 Å². The number of nitrogens with zero attached hydrogens (tertiary/aromatic N) is 2. The molecule has 2 aromatic heterocycles. The van der Waals surface area contributed by atoms with Gasteiger partial charge in [-0.05, 0) is 35.0 Å². The first-order valence-corrected chi connectivity index (χ1v) is 9.97. The maximum absolute atomic E-state index is 11.3. The van der Waals surface area contributed by atoms with E-state index >= 15 is 0 Å². The van der Waals surface area contributed by atoms with Crippen LogP contribution in [0.1, 0.15) is 51.9 Å². The van der Waals surface area contributed by atoms with E-state index in [4.69, 9.17) is 0 Å². The highest BCUT2D eigenvalue weighted by atomic mass is 28.3. The van der Waals surface area contributed by atoms with Crippen molar-refractivity contribution in [3.8, 4) is 0 Å². The molecule has 2 rings (SSSR count). The van der Waals surface area contributed by atoms with Crippen LogP contribution >= 0.6 is 0 Å². The van der Waals surface area contributed by atoms with Gasteiger partial charge in [-0.25, -0.2) is 4.98 Å². The SMILES string of the molecule is CC(C)[Si](C(C)C)(C(C)C)n1ccc2c(C=O)ccnc21. The third-order valence-corrected chi connectivity index (χ3v) is 11.7. The van der Waals surface area contributed by atoms with Crippen LogP contribution in [0.2, 0.25) is 16.6 Å². The molecule has 21 heavy (non-hydrogen) atoms. The van der Waals surface area contributed by atoms with Gasteiger partial charge in [0.2, 0.25) is 0 Å². The molecule has 2 aromatic rings. The van der Waals surface area contributed by atoms with E-state index in [9.17, 15) is 4.79 Å². The summed E-state index contributed by atoms with van der Waals surface area (Å²) in [5.74, 6) is 0. The van der Waals surface area contributed by atoms with Crippen LogP contribution in [0, 0.1) is 0 Å². The molecule has 0 N–H and O–H groups in total. The molecule has 0 saturated heterocycles. The molecule has 0 atom stereocenters. The lowest BCUT2D eigenvalue weighted by Crippen LogP contribution is -2.51. The molecule has 0 saturated carbocycles. The second kappa shape index (κ2) is 5.76. The van der Waals surface area contributed by atoms with Crippen molar-refractivity contribution in [2.45, 2.75) is 58.2 Å². The van der Waals surface area contributed by atoms with Gasteiger partial charge < -0.3 is 4.23 Å². The first kappa shape index (κ1) is 16.0. The van der Waals surface area contributed by atoms with Crippen LogP contribution in [0.25, 0.3) is 11.0 Å². The highest BCUT2D eigenvalue weighted by Gasteiger charge is 2.45. The van der Waals surface area contributed by atoms with Gasteiger partial charge in [0.25, 0.3) is 0 Å². The Bertz CT molecular complexity index is 622. The first-order valence-electron chi connectivity index (χ1n) is 7.79. The highest BCUT2D eigenvalue weighted by Crippen LogP contribution is 2.43. The third kappa shape index (κ3) is 2.26. The minimum atomic E-state index is -1.81. The molecule has 0 amide bonds. The Morgan fingerprint density at radius 2 is 1.62 bits per heavy atom. The Morgan fingerprint density at radius 1 is 1.05 bits per heavy atom. The van der Waals surface area contributed by atoms with Crippen molar-refractivity contribution in [3.63, 3.8) is 0 Å². The number of hydrogen-bond acceptors (Lipinski definition) is 2. The largest absolute Gasteiger partial charge is 0.359 e. The van der Waals surface area contributed by atoms with Gasteiger partial charge in [0.1, 0.15) is 5.65 Å². The summed E-state index contributed by atoms with van der Waals surface area (Å²) in [5, 5.41) is 0.978. The van der Waals surface area contributed by atoms with Gasteiger partial charge >= 0.3 is 0 Å². The van der Waals surface area contributed by atoms with Gasteiger partial charge in [-0.1, -0.05) is 41.5 Å². The molecule has 0 aliphatic carbocycles. The molecule has 0 fully saturated rings. The normalized spacial score (nSPS) is 12.8. The number of pyridine rings is 1. The molecule has 0 spiro atoms. The lowest BCUT2D eigenvalue weighted by atomic mass is 10.2. The average Bonchev–Trinajstić information content (AvgIpc) is 2.82. The monoisotopic (exact) mass is 302 g/mol. The van der Waals surface area contributed by atoms with Crippen molar-refractivity contribution in [1.29, 1.82) is 0 Å². The number of carbonyl (C=O) groups is 1. The molecule has 3 nitrogen and oxygen atoms in total. The van der Waals surface area contributed by atoms with Crippen LogP contribution in [0.4, 0.5) is 0 Å². The fraction of sp³-hybridized carbons (Fsp3) is 0.529. The molecular formula is C17H26N2OSi. The summed E-state index contributed by atoms with van der Waals surface area (Å²) in [6.45, 7) is 14.0. The molecule has 2 heterocycles. The summed E-state index contributed by atoms with van der Waals surface area (Å²) in [7, 11) is -1.81. The summed E-state index contributed by atoms with van der Waals surface area (Å²) in [6, 6.07) is 3.85. The van der Waals surface area contributed by atoms with E-state index in [0.29, 0.717) is 16.6 Å². The molecule has 0 aromatic carbocycles. The van der Waals surface area contributed by atoms with Gasteiger partial charge in [0.05, 0.1) is 0 Å². The Kier molecular flexibility index (Phi) is 4.37. The highest BCUT2D eigenvalue weighted by molar-refractivity contribution is 6.82. The van der Waals surface area contributed by atoms with Gasteiger partial charge in [-0.15, -0.1) is 0 Å². The Hall–Kier alpha value is -1.42. The predicted octanol–water partition coefficient (Wildman–Crippen LogP) is 4.87. The summed E-state index contributed by atoms with van der Waals surface area (Å²) < 4.78 is 2.44. The Balaban J connectivity index is 2.81. The first-order chi connectivity index (χ1) is 9.87. The zero-order valence-corrected chi connectivity index (χ0v) is 14.9. The van der Waals surface area contributed by atoms with Crippen LogP contribution in [0.5, 0.6) is 0 Å². The van der Waals surface area contributed by atoms with E-state index < -0.39 is 8.24 Å². The van der Waals surface area contributed by atoms with Crippen molar-refractivity contribution in [3.05, 3.63) is 30.1 Å². The van der Waals surface area contributed by atoms with Crippen molar-refractivity contribution in [2.24, 2.45) is 0 Å². The second-order valence-corrected chi connectivity index (χ2v) is 12.5. The molecular weight excluding hydrogens is 276 g/mol. The van der Waals surface area contributed by atoms with Gasteiger partial charge in [0, 0.05) is 17.1 Å². The lowest BCUT2D eigenvalue weighted by molar-refractivity contribution is 0.112. The molecule has 0 aliphatic rings. The zero-order chi connectivity index (χ0) is 15.8. The van der Waals surface area contributed by atoms with E-state index in [-0.39, 0.29) is 0 Å². The molecule has 0 aliphatic heterocycles. The van der Waals surface area contributed by atoms with Crippen LogP contribution in [-0.4, -0.2) is 23.7 Å². The Labute approximate surface area is 128 Å². The fourth-order valence-corrected chi connectivity index (χ4v) is 10.9. The van der Waals surface area contributed by atoms with Crippen LogP contribution in [-0.2, 0) is 0 Å². The topological polar surface area (TPSA) is 34.9 Å². The van der Waals surface area contributed by atoms with E-state index in [1.54, 1.807) is 12.3 Å². The minimum absolute atomic E-state index is 0.606. The van der Waals surface area contributed by atoms with Crippen LogP contribution in [0.15, 0.2) is 24.5 Å². The number of fused-ring (bicyclic) bond motifs is 1. The van der Waals surface area contributed by atoms with Gasteiger partial charge in [0.15, 0.2) is 14.5 Å². The molecule has 114 valence electrons. The van der Waals surface area contributed by atoms with Crippen LogP contribution < -0.4 is 0 Å². The standard InChI is InChI=1S/C17H26N2OSi/c1-12(2)21(13(3)4,14(5)6)19-10-8-16-15(11-20)7-9-18-17(16)19/h7-14H,1-6H3.